The van der Waals surface area contributed by atoms with Crippen LogP contribution >= 0.6 is 0 Å². The fraction of sp³-hybridized carbons (Fsp3) is 0.292. The summed E-state index contributed by atoms with van der Waals surface area (Å²) in [4.78, 5) is 25.2. The van der Waals surface area contributed by atoms with Crippen LogP contribution in [0, 0.1) is 0 Å². The van der Waals surface area contributed by atoms with E-state index in [1.807, 2.05) is 57.2 Å². The van der Waals surface area contributed by atoms with Gasteiger partial charge in [-0.25, -0.2) is 9.48 Å². The van der Waals surface area contributed by atoms with Crippen molar-refractivity contribution in [2.24, 2.45) is 0 Å². The number of carbonyl (C=O) groups is 2. The summed E-state index contributed by atoms with van der Waals surface area (Å²) >= 11 is 0. The Morgan fingerprint density at radius 2 is 1.59 bits per heavy atom. The Kier molecular flexibility index (Phi) is 6.82. The van der Waals surface area contributed by atoms with E-state index in [9.17, 15) is 9.59 Å². The molecule has 0 unspecified atom stereocenters. The van der Waals surface area contributed by atoms with E-state index in [1.165, 1.54) is 14.2 Å². The number of methoxy groups -OCH3 is 2. The summed E-state index contributed by atoms with van der Waals surface area (Å²) in [5.41, 5.74) is 1.52. The topological polar surface area (TPSA) is 91.7 Å². The molecule has 8 nitrogen and oxygen atoms in total. The number of anilines is 1. The van der Waals surface area contributed by atoms with Gasteiger partial charge in [0.15, 0.2) is 6.61 Å². The minimum Gasteiger partial charge on any atom is -0.496 e. The van der Waals surface area contributed by atoms with Crippen molar-refractivity contribution < 1.29 is 23.8 Å². The van der Waals surface area contributed by atoms with E-state index < -0.39 is 18.5 Å². The second kappa shape index (κ2) is 9.55. The Hall–Kier alpha value is -3.81. The monoisotopic (exact) mass is 437 g/mol. The van der Waals surface area contributed by atoms with Gasteiger partial charge < -0.3 is 19.5 Å². The van der Waals surface area contributed by atoms with Crippen molar-refractivity contribution in [1.82, 2.24) is 9.78 Å². The molecule has 1 aromatic heterocycles. The molecule has 1 N–H and O–H groups in total. The molecule has 1 amide bonds. The number of hydrogen-bond donors (Lipinski definition) is 1. The molecule has 0 aliphatic carbocycles. The van der Waals surface area contributed by atoms with Crippen molar-refractivity contribution in [3.8, 4) is 17.2 Å². The van der Waals surface area contributed by atoms with E-state index in [1.54, 1.807) is 22.9 Å². The van der Waals surface area contributed by atoms with Crippen LogP contribution < -0.4 is 14.8 Å². The van der Waals surface area contributed by atoms with Gasteiger partial charge >= 0.3 is 5.97 Å². The molecule has 0 fully saturated rings. The molecule has 0 bridgehead atoms. The first-order valence-electron chi connectivity index (χ1n) is 10.1. The van der Waals surface area contributed by atoms with Crippen molar-refractivity contribution >= 4 is 17.7 Å². The van der Waals surface area contributed by atoms with Crippen molar-refractivity contribution in [1.29, 1.82) is 0 Å². The van der Waals surface area contributed by atoms with Gasteiger partial charge in [-0.3, -0.25) is 4.79 Å². The zero-order valence-corrected chi connectivity index (χ0v) is 18.8. The molecule has 0 radical (unpaired) electrons. The van der Waals surface area contributed by atoms with Gasteiger partial charge in [-0.2, -0.15) is 5.10 Å². The highest BCUT2D eigenvalue weighted by Gasteiger charge is 2.23. The smallest absolute Gasteiger partial charge is 0.346 e. The summed E-state index contributed by atoms with van der Waals surface area (Å²) in [6, 6.07) is 16.2. The molecule has 3 rings (SSSR count). The van der Waals surface area contributed by atoms with Gasteiger partial charge in [0.1, 0.15) is 22.9 Å². The lowest BCUT2D eigenvalue weighted by molar-refractivity contribution is -0.119. The summed E-state index contributed by atoms with van der Waals surface area (Å²) in [5, 5.41) is 7.44. The molecule has 32 heavy (non-hydrogen) atoms. The lowest BCUT2D eigenvalue weighted by Crippen LogP contribution is -2.22. The summed E-state index contributed by atoms with van der Waals surface area (Å²) in [7, 11) is 2.88. The second-order valence-corrected chi connectivity index (χ2v) is 8.07. The Balaban J connectivity index is 1.77. The number of benzene rings is 2. The number of para-hydroxylation sites is 1. The van der Waals surface area contributed by atoms with E-state index in [0.717, 1.165) is 11.4 Å². The van der Waals surface area contributed by atoms with Gasteiger partial charge in [-0.15, -0.1) is 0 Å². The zero-order chi connectivity index (χ0) is 23.3. The lowest BCUT2D eigenvalue weighted by atomic mass is 9.92. The predicted octanol–water partition coefficient (Wildman–Crippen LogP) is 3.98. The maximum atomic E-state index is 12.6. The molecule has 0 spiro atoms. The van der Waals surface area contributed by atoms with Crippen molar-refractivity contribution in [2.75, 3.05) is 26.1 Å². The van der Waals surface area contributed by atoms with Crippen LogP contribution in [0.4, 0.5) is 5.82 Å². The molecule has 0 aliphatic heterocycles. The van der Waals surface area contributed by atoms with Crippen LogP contribution in [-0.4, -0.2) is 42.5 Å². The molecular weight excluding hydrogens is 410 g/mol. The summed E-state index contributed by atoms with van der Waals surface area (Å²) in [5.74, 6) is -0.137. The largest absolute Gasteiger partial charge is 0.496 e. The molecule has 0 aliphatic rings. The lowest BCUT2D eigenvalue weighted by Gasteiger charge is -2.14. The third-order valence-corrected chi connectivity index (χ3v) is 4.71. The van der Waals surface area contributed by atoms with Gasteiger partial charge in [0.2, 0.25) is 0 Å². The minimum absolute atomic E-state index is 0.120. The highest BCUT2D eigenvalue weighted by molar-refractivity contribution is 5.98. The van der Waals surface area contributed by atoms with E-state index in [0.29, 0.717) is 17.3 Å². The molecule has 0 saturated carbocycles. The molecule has 168 valence electrons. The Morgan fingerprint density at radius 3 is 2.16 bits per heavy atom. The van der Waals surface area contributed by atoms with E-state index in [2.05, 4.69) is 10.4 Å². The van der Waals surface area contributed by atoms with Gasteiger partial charge in [0.25, 0.3) is 5.91 Å². The van der Waals surface area contributed by atoms with Crippen LogP contribution in [0.25, 0.3) is 5.69 Å². The number of amides is 1. The molecule has 0 atom stereocenters. The highest BCUT2D eigenvalue weighted by atomic mass is 16.5. The molecule has 8 heteroatoms. The third-order valence-electron chi connectivity index (χ3n) is 4.71. The first-order chi connectivity index (χ1) is 15.2. The average molecular weight is 437 g/mol. The maximum absolute atomic E-state index is 12.6. The number of nitrogens with zero attached hydrogens (tertiary/aromatic N) is 2. The Morgan fingerprint density at radius 1 is 0.969 bits per heavy atom. The summed E-state index contributed by atoms with van der Waals surface area (Å²) in [6.07, 6.45) is 0. The summed E-state index contributed by atoms with van der Waals surface area (Å²) in [6.45, 7) is 5.64. The molecule has 0 saturated heterocycles. The number of hydrogen-bond acceptors (Lipinski definition) is 6. The number of aromatic nitrogens is 2. The van der Waals surface area contributed by atoms with Crippen LogP contribution in [0.3, 0.4) is 0 Å². The quantitative estimate of drug-likeness (QED) is 0.562. The van der Waals surface area contributed by atoms with E-state index in [-0.39, 0.29) is 11.0 Å². The predicted molar refractivity (Wildman–Crippen MR) is 121 cm³/mol. The third kappa shape index (κ3) is 5.08. The van der Waals surface area contributed by atoms with Gasteiger partial charge in [-0.1, -0.05) is 45.0 Å². The summed E-state index contributed by atoms with van der Waals surface area (Å²) < 4.78 is 17.3. The normalized spacial score (nSPS) is 11.0. The number of ether oxygens (including phenoxy) is 3. The van der Waals surface area contributed by atoms with Crippen LogP contribution in [0.1, 0.15) is 36.8 Å². The fourth-order valence-electron chi connectivity index (χ4n) is 3.04. The van der Waals surface area contributed by atoms with Crippen molar-refractivity contribution in [2.45, 2.75) is 26.2 Å². The maximum Gasteiger partial charge on any atom is 0.346 e. The van der Waals surface area contributed by atoms with Crippen LogP contribution in [0.2, 0.25) is 0 Å². The van der Waals surface area contributed by atoms with Crippen LogP contribution in [0.15, 0.2) is 54.6 Å². The van der Waals surface area contributed by atoms with Crippen LogP contribution in [0.5, 0.6) is 11.5 Å². The van der Waals surface area contributed by atoms with Gasteiger partial charge in [0, 0.05) is 11.5 Å². The molecule has 2 aromatic carbocycles. The van der Waals surface area contributed by atoms with Crippen molar-refractivity contribution in [3.05, 3.63) is 65.9 Å². The average Bonchev–Trinajstić information content (AvgIpc) is 3.21. The first-order valence-corrected chi connectivity index (χ1v) is 10.1. The van der Waals surface area contributed by atoms with Crippen molar-refractivity contribution in [3.63, 3.8) is 0 Å². The van der Waals surface area contributed by atoms with Crippen LogP contribution in [-0.2, 0) is 14.9 Å². The highest BCUT2D eigenvalue weighted by Crippen LogP contribution is 2.29. The molecule has 1 heterocycles. The van der Waals surface area contributed by atoms with Gasteiger partial charge in [-0.05, 0) is 24.3 Å². The van der Waals surface area contributed by atoms with E-state index >= 15 is 0 Å². The van der Waals surface area contributed by atoms with Gasteiger partial charge in [0.05, 0.1) is 25.6 Å². The second-order valence-electron chi connectivity index (χ2n) is 8.07. The minimum atomic E-state index is -0.721. The standard InChI is InChI=1S/C24H27N3O5/c1-24(2,3)19-14-20(27(26-19)16-10-7-6-8-11-16)25-21(28)15-32-23(29)22-17(30-4)12-9-13-18(22)31-5/h6-14H,15H2,1-5H3,(H,25,28). The first kappa shape index (κ1) is 22.9. The molecule has 3 aromatic rings. The number of carbonyl (C=O) groups excluding carboxylic acids is 2. The number of nitrogens with one attached hydrogen (secondary N) is 1. The Bertz CT molecular complexity index is 1080. The molecular formula is C24H27N3O5. The fourth-order valence-corrected chi connectivity index (χ4v) is 3.04. The Labute approximate surface area is 187 Å². The zero-order valence-electron chi connectivity index (χ0n) is 18.8. The van der Waals surface area contributed by atoms with E-state index in [4.69, 9.17) is 14.2 Å². The SMILES string of the molecule is COc1cccc(OC)c1C(=O)OCC(=O)Nc1cc(C(C)(C)C)nn1-c1ccccc1. The number of rotatable bonds is 7. The number of esters is 1.